The van der Waals surface area contributed by atoms with E-state index in [0.29, 0.717) is 6.61 Å². The summed E-state index contributed by atoms with van der Waals surface area (Å²) in [5.74, 6) is -0.225. The van der Waals surface area contributed by atoms with Crippen LogP contribution in [0.1, 0.15) is 19.8 Å². The molecular weight excluding hydrogens is 172 g/mol. The molecule has 12 heavy (non-hydrogen) atoms. The van der Waals surface area contributed by atoms with Crippen molar-refractivity contribution in [1.82, 2.24) is 0 Å². The summed E-state index contributed by atoms with van der Waals surface area (Å²) in [6.45, 7) is 1.84. The van der Waals surface area contributed by atoms with Crippen LogP contribution in [0.5, 0.6) is 0 Å². The molecule has 0 heterocycles. The van der Waals surface area contributed by atoms with Crippen molar-refractivity contribution < 1.29 is 9.53 Å². The SMILES string of the molecule is CC(=O)OCC1=CC=C(S)CC1. The number of carbonyl (C=O) groups is 1. The summed E-state index contributed by atoms with van der Waals surface area (Å²) in [7, 11) is 0. The van der Waals surface area contributed by atoms with Gasteiger partial charge in [-0.25, -0.2) is 0 Å². The predicted molar refractivity (Wildman–Crippen MR) is 51.0 cm³/mol. The van der Waals surface area contributed by atoms with Gasteiger partial charge < -0.3 is 4.74 Å². The summed E-state index contributed by atoms with van der Waals surface area (Å²) in [4.78, 5) is 11.6. The van der Waals surface area contributed by atoms with E-state index in [1.54, 1.807) is 0 Å². The van der Waals surface area contributed by atoms with E-state index < -0.39 is 0 Å². The Morgan fingerprint density at radius 3 is 2.83 bits per heavy atom. The lowest BCUT2D eigenvalue weighted by Gasteiger charge is -2.10. The van der Waals surface area contributed by atoms with Crippen molar-refractivity contribution in [3.63, 3.8) is 0 Å². The molecule has 0 aromatic heterocycles. The van der Waals surface area contributed by atoms with Crippen LogP contribution in [0, 0.1) is 0 Å². The van der Waals surface area contributed by atoms with Crippen molar-refractivity contribution in [2.24, 2.45) is 0 Å². The fourth-order valence-electron chi connectivity index (χ4n) is 0.984. The number of esters is 1. The molecule has 0 aromatic rings. The highest BCUT2D eigenvalue weighted by atomic mass is 32.1. The maximum atomic E-state index is 10.5. The van der Waals surface area contributed by atoms with Crippen molar-refractivity contribution in [1.29, 1.82) is 0 Å². The maximum Gasteiger partial charge on any atom is 0.302 e. The minimum absolute atomic E-state index is 0.225. The molecule has 0 saturated carbocycles. The number of rotatable bonds is 2. The molecule has 0 atom stereocenters. The van der Waals surface area contributed by atoms with E-state index in [1.165, 1.54) is 6.92 Å². The number of hydrogen-bond acceptors (Lipinski definition) is 3. The Hall–Kier alpha value is -0.700. The van der Waals surface area contributed by atoms with E-state index >= 15 is 0 Å². The lowest BCUT2D eigenvalue weighted by Crippen LogP contribution is -2.04. The van der Waals surface area contributed by atoms with Gasteiger partial charge in [0, 0.05) is 6.92 Å². The van der Waals surface area contributed by atoms with Crippen LogP contribution < -0.4 is 0 Å². The molecule has 0 saturated heterocycles. The van der Waals surface area contributed by atoms with Crippen LogP contribution in [0.3, 0.4) is 0 Å². The van der Waals surface area contributed by atoms with E-state index in [0.717, 1.165) is 23.3 Å². The summed E-state index contributed by atoms with van der Waals surface area (Å²) in [6, 6.07) is 0. The number of thiol groups is 1. The Morgan fingerprint density at radius 1 is 1.58 bits per heavy atom. The molecule has 0 unspecified atom stereocenters. The van der Waals surface area contributed by atoms with Crippen molar-refractivity contribution >= 4 is 18.6 Å². The molecule has 1 aliphatic carbocycles. The van der Waals surface area contributed by atoms with E-state index in [9.17, 15) is 4.79 Å². The van der Waals surface area contributed by atoms with Crippen LogP contribution in [0.25, 0.3) is 0 Å². The first-order valence-electron chi connectivity index (χ1n) is 3.89. The molecule has 0 aliphatic heterocycles. The molecule has 1 rings (SSSR count). The second-order valence-electron chi connectivity index (χ2n) is 2.76. The van der Waals surface area contributed by atoms with E-state index in [1.807, 2.05) is 12.2 Å². The number of ether oxygens (including phenoxy) is 1. The third kappa shape index (κ3) is 3.13. The fourth-order valence-corrected chi connectivity index (χ4v) is 1.17. The third-order valence-corrected chi connectivity index (χ3v) is 2.05. The Morgan fingerprint density at radius 2 is 2.33 bits per heavy atom. The van der Waals surface area contributed by atoms with Crippen LogP contribution in [0.2, 0.25) is 0 Å². The van der Waals surface area contributed by atoms with Gasteiger partial charge in [-0.3, -0.25) is 4.79 Å². The van der Waals surface area contributed by atoms with Crippen LogP contribution in [-0.2, 0) is 9.53 Å². The van der Waals surface area contributed by atoms with Crippen molar-refractivity contribution in [2.75, 3.05) is 6.61 Å². The van der Waals surface area contributed by atoms with Crippen LogP contribution >= 0.6 is 12.6 Å². The largest absolute Gasteiger partial charge is 0.461 e. The zero-order valence-electron chi connectivity index (χ0n) is 7.04. The highest BCUT2D eigenvalue weighted by molar-refractivity contribution is 7.84. The van der Waals surface area contributed by atoms with Gasteiger partial charge in [-0.15, -0.1) is 12.6 Å². The van der Waals surface area contributed by atoms with Gasteiger partial charge in [-0.05, 0) is 23.3 Å². The van der Waals surface area contributed by atoms with Gasteiger partial charge in [-0.2, -0.15) is 0 Å². The number of carbonyl (C=O) groups excluding carboxylic acids is 1. The second kappa shape index (κ2) is 4.36. The van der Waals surface area contributed by atoms with Gasteiger partial charge in [0.25, 0.3) is 0 Å². The maximum absolute atomic E-state index is 10.5. The summed E-state index contributed by atoms with van der Waals surface area (Å²) < 4.78 is 4.86. The molecule has 0 spiro atoms. The summed E-state index contributed by atoms with van der Waals surface area (Å²) >= 11 is 4.22. The number of allylic oxidation sites excluding steroid dienone is 3. The molecule has 3 heteroatoms. The quantitative estimate of drug-likeness (QED) is 0.525. The predicted octanol–water partition coefficient (Wildman–Crippen LogP) is 2.08. The van der Waals surface area contributed by atoms with Crippen LogP contribution in [0.4, 0.5) is 0 Å². The van der Waals surface area contributed by atoms with Gasteiger partial charge in [0.15, 0.2) is 0 Å². The summed E-state index contributed by atoms with van der Waals surface area (Å²) in [5.41, 5.74) is 1.16. The van der Waals surface area contributed by atoms with Crippen molar-refractivity contribution in [3.05, 3.63) is 22.6 Å². The van der Waals surface area contributed by atoms with E-state index in [2.05, 4.69) is 12.6 Å². The lowest BCUT2D eigenvalue weighted by molar-refractivity contribution is -0.140. The minimum Gasteiger partial charge on any atom is -0.461 e. The van der Waals surface area contributed by atoms with Crippen molar-refractivity contribution in [2.45, 2.75) is 19.8 Å². The standard InChI is InChI=1S/C9H12O2S/c1-7(10)11-6-8-2-4-9(12)5-3-8/h2,4,12H,3,5-6H2,1H3. The first kappa shape index (κ1) is 9.39. The third-order valence-electron chi connectivity index (χ3n) is 1.67. The molecule has 0 radical (unpaired) electrons. The summed E-state index contributed by atoms with van der Waals surface area (Å²) in [5, 5.41) is 0. The molecule has 0 N–H and O–H groups in total. The van der Waals surface area contributed by atoms with Crippen LogP contribution in [0.15, 0.2) is 22.6 Å². The second-order valence-corrected chi connectivity index (χ2v) is 3.34. The molecule has 66 valence electrons. The Labute approximate surface area is 77.7 Å². The molecule has 0 bridgehead atoms. The first-order chi connectivity index (χ1) is 5.68. The van der Waals surface area contributed by atoms with Gasteiger partial charge in [0.05, 0.1) is 0 Å². The van der Waals surface area contributed by atoms with Crippen LogP contribution in [-0.4, -0.2) is 12.6 Å². The molecule has 0 amide bonds. The average molecular weight is 184 g/mol. The molecular formula is C9H12O2S. The summed E-state index contributed by atoms with van der Waals surface area (Å²) in [6.07, 6.45) is 5.82. The Balaban J connectivity index is 2.39. The fraction of sp³-hybridized carbons (Fsp3) is 0.444. The Kier molecular flexibility index (Phi) is 3.41. The smallest absolute Gasteiger partial charge is 0.302 e. The lowest BCUT2D eigenvalue weighted by atomic mass is 10.1. The highest BCUT2D eigenvalue weighted by Gasteiger charge is 2.04. The topological polar surface area (TPSA) is 26.3 Å². The molecule has 0 fully saturated rings. The minimum atomic E-state index is -0.225. The molecule has 0 aromatic carbocycles. The van der Waals surface area contributed by atoms with E-state index in [4.69, 9.17) is 4.74 Å². The van der Waals surface area contributed by atoms with Crippen molar-refractivity contribution in [3.8, 4) is 0 Å². The van der Waals surface area contributed by atoms with Gasteiger partial charge in [-0.1, -0.05) is 12.2 Å². The van der Waals surface area contributed by atoms with E-state index in [-0.39, 0.29) is 5.97 Å². The Bertz CT molecular complexity index is 241. The average Bonchev–Trinajstić information content (AvgIpc) is 2.03. The molecule has 1 aliphatic rings. The zero-order valence-corrected chi connectivity index (χ0v) is 7.93. The van der Waals surface area contributed by atoms with Gasteiger partial charge in [0.2, 0.25) is 0 Å². The molecule has 2 nitrogen and oxygen atoms in total. The monoisotopic (exact) mass is 184 g/mol. The highest BCUT2D eigenvalue weighted by Crippen LogP contribution is 2.20. The first-order valence-corrected chi connectivity index (χ1v) is 4.34. The zero-order chi connectivity index (χ0) is 8.97. The number of hydrogen-bond donors (Lipinski definition) is 1. The normalized spacial score (nSPS) is 16.5. The van der Waals surface area contributed by atoms with Gasteiger partial charge >= 0.3 is 5.97 Å². The van der Waals surface area contributed by atoms with Gasteiger partial charge in [0.1, 0.15) is 6.61 Å².